The van der Waals surface area contributed by atoms with Crippen LogP contribution in [0.2, 0.25) is 10.0 Å². The number of carbonyl (C=O) groups is 1. The van der Waals surface area contributed by atoms with Gasteiger partial charge in [-0.3, -0.25) is 9.59 Å². The summed E-state index contributed by atoms with van der Waals surface area (Å²) < 4.78 is 1.99. The van der Waals surface area contributed by atoms with Crippen molar-refractivity contribution >= 4 is 34.8 Å². The molecule has 0 radical (unpaired) electrons. The van der Waals surface area contributed by atoms with Crippen molar-refractivity contribution in [3.63, 3.8) is 0 Å². The number of benzene rings is 1. The van der Waals surface area contributed by atoms with Crippen LogP contribution in [0.15, 0.2) is 29.1 Å². The summed E-state index contributed by atoms with van der Waals surface area (Å²) in [5.41, 5.74) is 1.61. The highest BCUT2D eigenvalue weighted by molar-refractivity contribution is 6.40. The summed E-state index contributed by atoms with van der Waals surface area (Å²) in [7, 11) is 0. The van der Waals surface area contributed by atoms with E-state index in [-0.39, 0.29) is 11.0 Å². The van der Waals surface area contributed by atoms with Crippen LogP contribution in [-0.4, -0.2) is 10.5 Å². The fraction of sp³-hybridized carbons (Fsp3) is 0.333. The number of unbranched alkanes of at least 4 members (excludes halogenated alkanes) is 1. The first kappa shape index (κ1) is 18.6. The first-order valence-corrected chi connectivity index (χ1v) is 8.58. The molecule has 0 aliphatic rings. The minimum atomic E-state index is -0.502. The lowest BCUT2D eigenvalue weighted by Gasteiger charge is -2.17. The maximum atomic E-state index is 12.7. The zero-order valence-corrected chi connectivity index (χ0v) is 15.5. The molecule has 128 valence electrons. The normalized spacial score (nSPS) is 10.7. The molecule has 0 bridgehead atoms. The van der Waals surface area contributed by atoms with E-state index in [1.165, 1.54) is 6.07 Å². The molecule has 2 aromatic rings. The smallest absolute Gasteiger partial charge is 0.261 e. The van der Waals surface area contributed by atoms with E-state index in [4.69, 9.17) is 23.2 Å². The fourth-order valence-corrected chi connectivity index (χ4v) is 3.14. The van der Waals surface area contributed by atoms with Gasteiger partial charge in [0.2, 0.25) is 0 Å². The molecule has 0 aliphatic carbocycles. The van der Waals surface area contributed by atoms with Crippen molar-refractivity contribution in [3.05, 3.63) is 61.5 Å². The molecule has 0 saturated heterocycles. The van der Waals surface area contributed by atoms with E-state index in [9.17, 15) is 9.59 Å². The molecule has 6 heteroatoms. The van der Waals surface area contributed by atoms with Crippen molar-refractivity contribution in [3.8, 4) is 0 Å². The lowest BCUT2D eigenvalue weighted by atomic mass is 10.1. The Hall–Kier alpha value is -1.78. The number of anilines is 1. The molecular weight excluding hydrogens is 347 g/mol. The van der Waals surface area contributed by atoms with Gasteiger partial charge in [0, 0.05) is 24.0 Å². The molecule has 1 N–H and O–H groups in total. The van der Waals surface area contributed by atoms with Gasteiger partial charge in [-0.1, -0.05) is 42.6 Å². The van der Waals surface area contributed by atoms with E-state index in [0.29, 0.717) is 21.4 Å². The molecule has 0 unspecified atom stereocenters. The Morgan fingerprint density at radius 3 is 2.42 bits per heavy atom. The minimum Gasteiger partial charge on any atom is -0.348 e. The molecule has 1 amide bonds. The standard InChI is InChI=1S/C18H20Cl2N2O2/c1-4-5-9-22-11(2)10-15(23)16(12(22)3)18(24)21-17-13(19)7-6-8-14(17)20/h6-8,10H,4-5,9H2,1-3H3,(H,21,24). The number of rotatable bonds is 5. The lowest BCUT2D eigenvalue weighted by molar-refractivity contribution is 0.102. The number of para-hydroxylation sites is 1. The van der Waals surface area contributed by atoms with Gasteiger partial charge in [0.05, 0.1) is 15.7 Å². The summed E-state index contributed by atoms with van der Waals surface area (Å²) in [6.07, 6.45) is 2.00. The van der Waals surface area contributed by atoms with Crippen molar-refractivity contribution in [2.75, 3.05) is 5.32 Å². The van der Waals surface area contributed by atoms with Crippen molar-refractivity contribution < 1.29 is 4.79 Å². The van der Waals surface area contributed by atoms with E-state index in [1.807, 2.05) is 11.5 Å². The van der Waals surface area contributed by atoms with Crippen LogP contribution in [0.5, 0.6) is 0 Å². The van der Waals surface area contributed by atoms with E-state index >= 15 is 0 Å². The minimum absolute atomic E-state index is 0.118. The lowest BCUT2D eigenvalue weighted by Crippen LogP contribution is -2.27. The van der Waals surface area contributed by atoms with Gasteiger partial charge in [0.1, 0.15) is 5.56 Å². The number of halogens is 2. The van der Waals surface area contributed by atoms with Gasteiger partial charge in [0.25, 0.3) is 5.91 Å². The summed E-state index contributed by atoms with van der Waals surface area (Å²) in [5, 5.41) is 3.31. The Bertz CT molecular complexity index is 808. The van der Waals surface area contributed by atoms with Crippen molar-refractivity contribution in [2.45, 2.75) is 40.2 Å². The Morgan fingerprint density at radius 2 is 1.83 bits per heavy atom. The van der Waals surface area contributed by atoms with Gasteiger partial charge in [-0.05, 0) is 32.4 Å². The summed E-state index contributed by atoms with van der Waals surface area (Å²) in [6.45, 7) is 6.52. The van der Waals surface area contributed by atoms with Crippen LogP contribution >= 0.6 is 23.2 Å². The second-order valence-corrected chi connectivity index (χ2v) is 6.48. The number of nitrogens with one attached hydrogen (secondary N) is 1. The quantitative estimate of drug-likeness (QED) is 0.823. The Labute approximate surface area is 151 Å². The number of nitrogens with zero attached hydrogens (tertiary/aromatic N) is 1. The van der Waals surface area contributed by atoms with Crippen molar-refractivity contribution in [1.29, 1.82) is 0 Å². The van der Waals surface area contributed by atoms with Gasteiger partial charge in [0.15, 0.2) is 5.43 Å². The highest BCUT2D eigenvalue weighted by atomic mass is 35.5. The van der Waals surface area contributed by atoms with Crippen LogP contribution in [0.4, 0.5) is 5.69 Å². The first-order valence-electron chi connectivity index (χ1n) is 7.83. The number of aromatic nitrogens is 1. The van der Waals surface area contributed by atoms with Crippen LogP contribution in [-0.2, 0) is 6.54 Å². The number of hydrogen-bond acceptors (Lipinski definition) is 2. The number of amides is 1. The highest BCUT2D eigenvalue weighted by Crippen LogP contribution is 2.30. The van der Waals surface area contributed by atoms with Gasteiger partial charge >= 0.3 is 0 Å². The molecule has 24 heavy (non-hydrogen) atoms. The van der Waals surface area contributed by atoms with E-state index in [1.54, 1.807) is 25.1 Å². The molecule has 0 fully saturated rings. The summed E-state index contributed by atoms with van der Waals surface area (Å²) in [4.78, 5) is 25.0. The van der Waals surface area contributed by atoms with Gasteiger partial charge < -0.3 is 9.88 Å². The predicted octanol–water partition coefficient (Wildman–Crippen LogP) is 4.82. The molecular formula is C18H20Cl2N2O2. The topological polar surface area (TPSA) is 51.1 Å². The van der Waals surface area contributed by atoms with E-state index in [0.717, 1.165) is 25.1 Å². The highest BCUT2D eigenvalue weighted by Gasteiger charge is 2.19. The monoisotopic (exact) mass is 366 g/mol. The summed E-state index contributed by atoms with van der Waals surface area (Å²) >= 11 is 12.2. The van der Waals surface area contributed by atoms with E-state index in [2.05, 4.69) is 12.2 Å². The Morgan fingerprint density at radius 1 is 1.21 bits per heavy atom. The molecule has 0 spiro atoms. The van der Waals surface area contributed by atoms with Crippen LogP contribution < -0.4 is 10.7 Å². The average Bonchev–Trinajstić information content (AvgIpc) is 2.50. The molecule has 0 saturated carbocycles. The zero-order chi connectivity index (χ0) is 17.9. The number of hydrogen-bond donors (Lipinski definition) is 1. The number of aryl methyl sites for hydroxylation is 1. The SMILES string of the molecule is CCCCn1c(C)cc(=O)c(C(=O)Nc2c(Cl)cccc2Cl)c1C. The molecule has 0 aliphatic heterocycles. The second-order valence-electron chi connectivity index (χ2n) is 5.67. The zero-order valence-electron chi connectivity index (χ0n) is 14.0. The van der Waals surface area contributed by atoms with Gasteiger partial charge in [-0.15, -0.1) is 0 Å². The molecule has 1 heterocycles. The van der Waals surface area contributed by atoms with Crippen LogP contribution in [0, 0.1) is 13.8 Å². The van der Waals surface area contributed by atoms with Crippen LogP contribution in [0.25, 0.3) is 0 Å². The number of pyridine rings is 1. The Balaban J connectivity index is 2.44. The third-order valence-electron chi connectivity index (χ3n) is 3.94. The van der Waals surface area contributed by atoms with Gasteiger partial charge in [-0.25, -0.2) is 0 Å². The number of carbonyl (C=O) groups excluding carboxylic acids is 1. The molecule has 1 aromatic heterocycles. The molecule has 0 atom stereocenters. The van der Waals surface area contributed by atoms with E-state index < -0.39 is 5.91 Å². The maximum Gasteiger partial charge on any atom is 0.261 e. The average molecular weight is 367 g/mol. The van der Waals surface area contributed by atoms with Crippen molar-refractivity contribution in [2.24, 2.45) is 0 Å². The second kappa shape index (κ2) is 7.86. The van der Waals surface area contributed by atoms with Crippen LogP contribution in [0.1, 0.15) is 41.5 Å². The maximum absolute atomic E-state index is 12.7. The van der Waals surface area contributed by atoms with Gasteiger partial charge in [-0.2, -0.15) is 0 Å². The molecule has 4 nitrogen and oxygen atoms in total. The predicted molar refractivity (Wildman–Crippen MR) is 99.5 cm³/mol. The summed E-state index contributed by atoms with van der Waals surface area (Å²) in [5.74, 6) is -0.502. The largest absolute Gasteiger partial charge is 0.348 e. The van der Waals surface area contributed by atoms with Crippen LogP contribution in [0.3, 0.4) is 0 Å². The third-order valence-corrected chi connectivity index (χ3v) is 4.57. The first-order chi connectivity index (χ1) is 11.4. The Kier molecular flexibility index (Phi) is 6.08. The molecule has 2 rings (SSSR count). The molecule has 1 aromatic carbocycles. The third kappa shape index (κ3) is 3.82. The fourth-order valence-electron chi connectivity index (χ4n) is 2.65. The summed E-state index contributed by atoms with van der Waals surface area (Å²) in [6, 6.07) is 6.44. The van der Waals surface area contributed by atoms with Crippen molar-refractivity contribution in [1.82, 2.24) is 4.57 Å².